The maximum absolute atomic E-state index is 5.92. The van der Waals surface area contributed by atoms with Gasteiger partial charge in [-0.25, -0.2) is 4.98 Å². The molecule has 0 aliphatic carbocycles. The Morgan fingerprint density at radius 1 is 1.11 bits per heavy atom. The summed E-state index contributed by atoms with van der Waals surface area (Å²) in [5.41, 5.74) is 1.64. The van der Waals surface area contributed by atoms with Crippen LogP contribution < -0.4 is 4.74 Å². The zero-order valence-electron chi connectivity index (χ0n) is 9.88. The highest BCUT2D eigenvalue weighted by molar-refractivity contribution is 6.31. The molecule has 1 aromatic carbocycles. The minimum atomic E-state index is 0.389. The van der Waals surface area contributed by atoms with Gasteiger partial charge in [-0.15, -0.1) is 0 Å². The van der Waals surface area contributed by atoms with Crippen LogP contribution in [-0.2, 0) is 6.61 Å². The number of halogens is 2. The minimum Gasteiger partial charge on any atom is -0.487 e. The number of ether oxygens (including phenoxy) is 1. The molecular weight excluding hydrogens is 283 g/mol. The van der Waals surface area contributed by atoms with Crippen LogP contribution in [-0.4, -0.2) is 9.38 Å². The van der Waals surface area contributed by atoms with Crippen molar-refractivity contribution >= 4 is 28.8 Å². The van der Waals surface area contributed by atoms with E-state index < -0.39 is 0 Å². The molecule has 0 aliphatic rings. The number of pyridine rings is 1. The van der Waals surface area contributed by atoms with Crippen LogP contribution in [0.25, 0.3) is 5.65 Å². The second kappa shape index (κ2) is 5.11. The van der Waals surface area contributed by atoms with Gasteiger partial charge in [0.05, 0.1) is 5.69 Å². The van der Waals surface area contributed by atoms with Gasteiger partial charge >= 0.3 is 0 Å². The van der Waals surface area contributed by atoms with Gasteiger partial charge in [0.15, 0.2) is 0 Å². The van der Waals surface area contributed by atoms with E-state index in [0.29, 0.717) is 16.7 Å². The normalized spacial score (nSPS) is 10.8. The van der Waals surface area contributed by atoms with E-state index in [2.05, 4.69) is 4.98 Å². The average Bonchev–Trinajstić information content (AvgIpc) is 2.78. The lowest BCUT2D eigenvalue weighted by Crippen LogP contribution is -1.95. The Morgan fingerprint density at radius 3 is 2.79 bits per heavy atom. The molecule has 3 nitrogen and oxygen atoms in total. The first-order valence-corrected chi connectivity index (χ1v) is 6.48. The maximum Gasteiger partial charge on any atom is 0.138 e. The smallest absolute Gasteiger partial charge is 0.138 e. The first-order chi connectivity index (χ1) is 9.20. The van der Waals surface area contributed by atoms with Crippen LogP contribution >= 0.6 is 23.2 Å². The fourth-order valence-corrected chi connectivity index (χ4v) is 2.13. The molecule has 0 N–H and O–H groups in total. The van der Waals surface area contributed by atoms with Crippen LogP contribution in [0.15, 0.2) is 48.8 Å². The maximum atomic E-state index is 5.92. The Labute approximate surface area is 120 Å². The molecule has 3 aromatic rings. The molecule has 0 radical (unpaired) electrons. The van der Waals surface area contributed by atoms with E-state index in [1.807, 2.05) is 41.1 Å². The lowest BCUT2D eigenvalue weighted by atomic mass is 10.3. The molecule has 19 heavy (non-hydrogen) atoms. The average molecular weight is 293 g/mol. The lowest BCUT2D eigenvalue weighted by molar-refractivity contribution is 0.302. The molecule has 3 rings (SSSR count). The summed E-state index contributed by atoms with van der Waals surface area (Å²) in [6.07, 6.45) is 3.78. The molecule has 2 aromatic heterocycles. The predicted octanol–water partition coefficient (Wildman–Crippen LogP) is 4.22. The number of imidazole rings is 1. The molecule has 2 heterocycles. The van der Waals surface area contributed by atoms with E-state index in [1.54, 1.807) is 12.1 Å². The minimum absolute atomic E-state index is 0.389. The van der Waals surface area contributed by atoms with Gasteiger partial charge in [-0.1, -0.05) is 29.3 Å². The van der Waals surface area contributed by atoms with E-state index in [4.69, 9.17) is 27.9 Å². The van der Waals surface area contributed by atoms with E-state index in [9.17, 15) is 0 Å². The number of nitrogens with zero attached hydrogens (tertiary/aromatic N) is 2. The molecule has 0 atom stereocenters. The van der Waals surface area contributed by atoms with Crippen molar-refractivity contribution in [2.45, 2.75) is 6.61 Å². The molecule has 5 heteroatoms. The van der Waals surface area contributed by atoms with E-state index in [0.717, 1.165) is 17.1 Å². The summed E-state index contributed by atoms with van der Waals surface area (Å²) in [4.78, 5) is 4.43. The van der Waals surface area contributed by atoms with Crippen molar-refractivity contribution < 1.29 is 4.74 Å². The Bertz CT molecular complexity index is 724. The van der Waals surface area contributed by atoms with Gasteiger partial charge in [0, 0.05) is 22.4 Å². The molecule has 0 bridgehead atoms. The van der Waals surface area contributed by atoms with Gasteiger partial charge in [-0.2, -0.15) is 0 Å². The zero-order chi connectivity index (χ0) is 13.2. The van der Waals surface area contributed by atoms with Gasteiger partial charge in [-0.05, 0) is 30.3 Å². The van der Waals surface area contributed by atoms with Crippen molar-refractivity contribution in [3.05, 3.63) is 64.5 Å². The fraction of sp³-hybridized carbons (Fsp3) is 0.0714. The van der Waals surface area contributed by atoms with Crippen molar-refractivity contribution in [2.24, 2.45) is 0 Å². The van der Waals surface area contributed by atoms with E-state index >= 15 is 0 Å². The predicted molar refractivity (Wildman–Crippen MR) is 76.0 cm³/mol. The molecule has 0 unspecified atom stereocenters. The number of benzene rings is 1. The molecule has 0 spiro atoms. The monoisotopic (exact) mass is 292 g/mol. The SMILES string of the molecule is Clc1cccc(OCc2cn3ccc(Cl)cc3n2)c1. The summed E-state index contributed by atoms with van der Waals surface area (Å²) in [6, 6.07) is 10.9. The number of hydrogen-bond acceptors (Lipinski definition) is 2. The Hall–Kier alpha value is -1.71. The summed E-state index contributed by atoms with van der Waals surface area (Å²) in [5.74, 6) is 0.725. The summed E-state index contributed by atoms with van der Waals surface area (Å²) >= 11 is 11.8. The Balaban J connectivity index is 1.78. The lowest BCUT2D eigenvalue weighted by Gasteiger charge is -2.03. The fourth-order valence-electron chi connectivity index (χ4n) is 1.79. The van der Waals surface area contributed by atoms with Crippen LogP contribution in [0.3, 0.4) is 0 Å². The quantitative estimate of drug-likeness (QED) is 0.722. The van der Waals surface area contributed by atoms with Crippen LogP contribution in [0.5, 0.6) is 5.75 Å². The summed E-state index contributed by atoms with van der Waals surface area (Å²) in [6.45, 7) is 0.389. The Kier molecular flexibility index (Phi) is 3.32. The molecule has 96 valence electrons. The molecule has 0 saturated heterocycles. The third-order valence-corrected chi connectivity index (χ3v) is 3.13. The third kappa shape index (κ3) is 2.83. The third-order valence-electron chi connectivity index (χ3n) is 2.65. The highest BCUT2D eigenvalue weighted by Crippen LogP contribution is 2.19. The van der Waals surface area contributed by atoms with Crippen LogP contribution in [0.2, 0.25) is 10.0 Å². The second-order valence-electron chi connectivity index (χ2n) is 4.09. The topological polar surface area (TPSA) is 26.5 Å². The van der Waals surface area contributed by atoms with E-state index in [1.165, 1.54) is 0 Å². The van der Waals surface area contributed by atoms with Gasteiger partial charge in [0.1, 0.15) is 18.0 Å². The molecular formula is C14H10Cl2N2O. The molecule has 0 amide bonds. The molecule has 0 aliphatic heterocycles. The van der Waals surface area contributed by atoms with Crippen LogP contribution in [0, 0.1) is 0 Å². The number of aromatic nitrogens is 2. The van der Waals surface area contributed by atoms with Crippen molar-refractivity contribution in [1.29, 1.82) is 0 Å². The summed E-state index contributed by atoms with van der Waals surface area (Å²) < 4.78 is 7.54. The highest BCUT2D eigenvalue weighted by atomic mass is 35.5. The largest absolute Gasteiger partial charge is 0.487 e. The van der Waals surface area contributed by atoms with E-state index in [-0.39, 0.29) is 0 Å². The first kappa shape index (κ1) is 12.3. The van der Waals surface area contributed by atoms with Crippen molar-refractivity contribution in [1.82, 2.24) is 9.38 Å². The summed E-state index contributed by atoms with van der Waals surface area (Å²) in [5, 5.41) is 1.32. The molecule has 0 fully saturated rings. The van der Waals surface area contributed by atoms with Crippen molar-refractivity contribution in [3.63, 3.8) is 0 Å². The second-order valence-corrected chi connectivity index (χ2v) is 4.96. The Morgan fingerprint density at radius 2 is 1.95 bits per heavy atom. The zero-order valence-corrected chi connectivity index (χ0v) is 11.4. The molecule has 0 saturated carbocycles. The van der Waals surface area contributed by atoms with Crippen molar-refractivity contribution in [3.8, 4) is 5.75 Å². The number of fused-ring (bicyclic) bond motifs is 1. The standard InChI is InChI=1S/C14H10Cl2N2O/c15-10-2-1-3-13(6-10)19-9-12-8-18-5-4-11(16)7-14(18)17-12/h1-8H,9H2. The van der Waals surface area contributed by atoms with Crippen molar-refractivity contribution in [2.75, 3.05) is 0 Å². The highest BCUT2D eigenvalue weighted by Gasteiger charge is 2.03. The van der Waals surface area contributed by atoms with Gasteiger partial charge in [0.2, 0.25) is 0 Å². The van der Waals surface area contributed by atoms with Gasteiger partial charge in [0.25, 0.3) is 0 Å². The van der Waals surface area contributed by atoms with Gasteiger partial charge < -0.3 is 9.14 Å². The number of rotatable bonds is 3. The van der Waals surface area contributed by atoms with Crippen LogP contribution in [0.1, 0.15) is 5.69 Å². The first-order valence-electron chi connectivity index (χ1n) is 5.72. The summed E-state index contributed by atoms with van der Waals surface area (Å²) in [7, 11) is 0. The van der Waals surface area contributed by atoms with Crippen LogP contribution in [0.4, 0.5) is 0 Å². The van der Waals surface area contributed by atoms with Gasteiger partial charge in [-0.3, -0.25) is 0 Å². The number of hydrogen-bond donors (Lipinski definition) is 0.